The Bertz CT molecular complexity index is 1320. The number of carbonyl (C=O) groups is 1. The lowest BCUT2D eigenvalue weighted by Crippen LogP contribution is -2.39. The second kappa shape index (κ2) is 12.4. The van der Waals surface area contributed by atoms with Crippen LogP contribution in [0.1, 0.15) is 35.1 Å². The molecule has 1 aliphatic rings. The summed E-state index contributed by atoms with van der Waals surface area (Å²) in [5.41, 5.74) is 0.834. The Hall–Kier alpha value is -2.83. The number of aliphatic hydroxyl groups excluding tert-OH is 2. The summed E-state index contributed by atoms with van der Waals surface area (Å²) in [5, 5.41) is 37.0. The smallest absolute Gasteiger partial charge is 0.408 e. The lowest BCUT2D eigenvalue weighted by molar-refractivity contribution is 0.0695. The zero-order chi connectivity index (χ0) is 27.3. The molecule has 38 heavy (non-hydrogen) atoms. The second-order valence-electron chi connectivity index (χ2n) is 9.05. The maximum absolute atomic E-state index is 12.8. The topological polar surface area (TPSA) is 115 Å². The van der Waals surface area contributed by atoms with Gasteiger partial charge in [-0.3, -0.25) is 5.32 Å². The highest BCUT2D eigenvalue weighted by Gasteiger charge is 2.59. The third kappa shape index (κ3) is 5.92. The summed E-state index contributed by atoms with van der Waals surface area (Å²) in [5.74, 6) is -0.690. The molecule has 7 nitrogen and oxygen atoms in total. The molecule has 198 valence electrons. The molecule has 0 saturated carbocycles. The molecule has 10 heteroatoms. The van der Waals surface area contributed by atoms with Gasteiger partial charge in [0.15, 0.2) is 6.23 Å². The number of ether oxygens (including phenoxy) is 1. The van der Waals surface area contributed by atoms with Crippen molar-refractivity contribution in [3.8, 4) is 6.07 Å². The third-order valence-corrected chi connectivity index (χ3v) is 7.39. The van der Waals surface area contributed by atoms with Crippen LogP contribution in [0.5, 0.6) is 0 Å². The maximum atomic E-state index is 12.8. The van der Waals surface area contributed by atoms with E-state index in [-0.39, 0.29) is 13.0 Å². The summed E-state index contributed by atoms with van der Waals surface area (Å²) < 4.78 is 5.86. The van der Waals surface area contributed by atoms with Gasteiger partial charge in [0.1, 0.15) is 5.41 Å². The van der Waals surface area contributed by atoms with Crippen LogP contribution in [0.15, 0.2) is 72.8 Å². The normalized spacial score (nSPS) is 23.4. The number of alkyl carbamates (subject to hydrolysis) is 1. The highest BCUT2D eigenvalue weighted by atomic mass is 35.5. The fourth-order valence-electron chi connectivity index (χ4n) is 4.95. The number of carbonyl (C=O) groups excluding carboxylic acids is 1. The molecule has 1 fully saturated rings. The van der Waals surface area contributed by atoms with Crippen molar-refractivity contribution in [2.45, 2.75) is 36.1 Å². The van der Waals surface area contributed by atoms with Gasteiger partial charge in [-0.2, -0.15) is 5.26 Å². The molecule has 4 rings (SSSR count). The summed E-state index contributed by atoms with van der Waals surface area (Å²) in [7, 11) is 0. The summed E-state index contributed by atoms with van der Waals surface area (Å²) in [4.78, 5) is 12.8. The van der Waals surface area contributed by atoms with Crippen molar-refractivity contribution in [2.24, 2.45) is 0 Å². The number of hydrogen-bond donors (Lipinski definition) is 4. The molecule has 0 radical (unpaired) electrons. The van der Waals surface area contributed by atoms with Gasteiger partial charge in [0, 0.05) is 21.6 Å². The number of nitrogens with one attached hydrogen (secondary N) is 2. The molecule has 5 atom stereocenters. The quantitative estimate of drug-likeness (QED) is 0.289. The van der Waals surface area contributed by atoms with E-state index in [0.717, 1.165) is 5.56 Å². The van der Waals surface area contributed by atoms with Gasteiger partial charge in [-0.1, -0.05) is 71.2 Å². The molecule has 1 aliphatic heterocycles. The molecule has 1 saturated heterocycles. The van der Waals surface area contributed by atoms with Crippen molar-refractivity contribution in [1.29, 1.82) is 5.26 Å². The predicted molar refractivity (Wildman–Crippen MR) is 146 cm³/mol. The molecule has 0 unspecified atom stereocenters. The molecular weight excluding hydrogens is 549 g/mol. The number of halogens is 3. The number of aliphatic hydroxyl groups is 2. The van der Waals surface area contributed by atoms with Crippen LogP contribution < -0.4 is 10.6 Å². The molecule has 4 N–H and O–H groups in total. The van der Waals surface area contributed by atoms with Crippen LogP contribution in [-0.4, -0.2) is 41.8 Å². The summed E-state index contributed by atoms with van der Waals surface area (Å²) >= 11 is 18.9. The van der Waals surface area contributed by atoms with Crippen LogP contribution in [0.25, 0.3) is 0 Å². The van der Waals surface area contributed by atoms with Crippen molar-refractivity contribution in [2.75, 3.05) is 13.2 Å². The van der Waals surface area contributed by atoms with Gasteiger partial charge in [-0.15, -0.1) is 0 Å². The van der Waals surface area contributed by atoms with Gasteiger partial charge in [-0.05, 0) is 59.5 Å². The molecule has 1 amide bonds. The Kier molecular flexibility index (Phi) is 9.16. The molecule has 3 aromatic carbocycles. The maximum Gasteiger partial charge on any atom is 0.408 e. The molecule has 3 aromatic rings. The summed E-state index contributed by atoms with van der Waals surface area (Å²) in [6.45, 7) is -0.321. The number of benzene rings is 3. The Labute approximate surface area is 235 Å². The van der Waals surface area contributed by atoms with Crippen molar-refractivity contribution in [3.63, 3.8) is 0 Å². The van der Waals surface area contributed by atoms with Gasteiger partial charge < -0.3 is 20.3 Å². The first-order chi connectivity index (χ1) is 18.3. The van der Waals surface area contributed by atoms with Crippen LogP contribution in [0.4, 0.5) is 4.79 Å². The minimum atomic E-state index is -1.27. The second-order valence-corrected chi connectivity index (χ2v) is 10.4. The van der Waals surface area contributed by atoms with E-state index >= 15 is 0 Å². The van der Waals surface area contributed by atoms with Crippen molar-refractivity contribution < 1.29 is 19.7 Å². The van der Waals surface area contributed by atoms with E-state index < -0.39 is 42.4 Å². The summed E-state index contributed by atoms with van der Waals surface area (Å²) in [6, 6.07) is 23.2. The standard InChI is InChI=1S/C28H26Cl3N3O4/c29-20-9-7-19(8-10-20)28(16-32)24(17-3-1-5-21(30)13-17)26(38-27(37)33-12-11-23(36)15-35)34-25(28)18-4-2-6-22(31)14-18/h1-10,13-14,23-26,34-36H,11-12,15H2,(H,33,37)/t23-,24-,25-,26+,28+/m0/s1. The van der Waals surface area contributed by atoms with Crippen LogP contribution in [0.3, 0.4) is 0 Å². The van der Waals surface area contributed by atoms with Gasteiger partial charge in [0.25, 0.3) is 0 Å². The van der Waals surface area contributed by atoms with E-state index in [1.807, 2.05) is 12.1 Å². The van der Waals surface area contributed by atoms with E-state index in [1.165, 1.54) is 0 Å². The van der Waals surface area contributed by atoms with Crippen molar-refractivity contribution in [3.05, 3.63) is 105 Å². The largest absolute Gasteiger partial charge is 0.430 e. The van der Waals surface area contributed by atoms with E-state index in [9.17, 15) is 15.2 Å². The van der Waals surface area contributed by atoms with E-state index in [0.29, 0.717) is 26.2 Å². The minimum absolute atomic E-state index is 0.0907. The van der Waals surface area contributed by atoms with E-state index in [1.54, 1.807) is 60.7 Å². The number of nitriles is 1. The number of amides is 1. The van der Waals surface area contributed by atoms with Crippen LogP contribution >= 0.6 is 34.8 Å². The molecule has 0 bridgehead atoms. The third-order valence-electron chi connectivity index (χ3n) is 6.67. The van der Waals surface area contributed by atoms with E-state index in [2.05, 4.69) is 16.7 Å². The Morgan fingerprint density at radius 2 is 1.66 bits per heavy atom. The van der Waals surface area contributed by atoms with Gasteiger partial charge >= 0.3 is 6.09 Å². The molecule has 0 aromatic heterocycles. The first kappa shape index (κ1) is 28.2. The fourth-order valence-corrected chi connectivity index (χ4v) is 5.48. The molecule has 0 spiro atoms. The molecule has 0 aliphatic carbocycles. The van der Waals surface area contributed by atoms with Gasteiger partial charge in [0.05, 0.1) is 30.7 Å². The Morgan fingerprint density at radius 3 is 2.26 bits per heavy atom. The Balaban J connectivity index is 1.82. The van der Waals surface area contributed by atoms with E-state index in [4.69, 9.17) is 44.6 Å². The predicted octanol–water partition coefficient (Wildman–Crippen LogP) is 5.33. The van der Waals surface area contributed by atoms with Crippen molar-refractivity contribution in [1.82, 2.24) is 10.6 Å². The lowest BCUT2D eigenvalue weighted by atomic mass is 9.65. The van der Waals surface area contributed by atoms with Crippen molar-refractivity contribution >= 4 is 40.9 Å². The first-order valence-corrected chi connectivity index (χ1v) is 13.1. The van der Waals surface area contributed by atoms with Gasteiger partial charge in [0.2, 0.25) is 0 Å². The number of hydrogen-bond acceptors (Lipinski definition) is 6. The van der Waals surface area contributed by atoms with Crippen LogP contribution in [-0.2, 0) is 10.2 Å². The number of nitrogens with zero attached hydrogens (tertiary/aromatic N) is 1. The van der Waals surface area contributed by atoms with Crippen LogP contribution in [0, 0.1) is 11.3 Å². The monoisotopic (exact) mass is 573 g/mol. The zero-order valence-electron chi connectivity index (χ0n) is 20.2. The highest BCUT2D eigenvalue weighted by molar-refractivity contribution is 6.31. The first-order valence-electron chi connectivity index (χ1n) is 12.0. The Morgan fingerprint density at radius 1 is 1.03 bits per heavy atom. The molecule has 1 heterocycles. The summed E-state index contributed by atoms with van der Waals surface area (Å²) in [6.07, 6.45) is -2.49. The van der Waals surface area contributed by atoms with Gasteiger partial charge in [-0.25, -0.2) is 4.79 Å². The van der Waals surface area contributed by atoms with Crippen LogP contribution in [0.2, 0.25) is 15.1 Å². The SMILES string of the molecule is N#C[C@]1(c2ccc(Cl)cc2)[C@H](c2cccc(Cl)c2)N[C@H](OC(=O)NCC[C@H](O)CO)[C@@H]1c1cccc(Cl)c1. The fraction of sp³-hybridized carbons (Fsp3) is 0.286. The highest BCUT2D eigenvalue weighted by Crippen LogP contribution is 2.55. The lowest BCUT2D eigenvalue weighted by Gasteiger charge is -2.34. The average Bonchev–Trinajstić information content (AvgIpc) is 3.23. The zero-order valence-corrected chi connectivity index (χ0v) is 22.4. The molecular formula is C28H26Cl3N3O4. The average molecular weight is 575 g/mol. The number of rotatable bonds is 8. The minimum Gasteiger partial charge on any atom is -0.430 e.